The van der Waals surface area contributed by atoms with Crippen LogP contribution in [0, 0.1) is 11.2 Å². The lowest BCUT2D eigenvalue weighted by Gasteiger charge is -2.60. The molecule has 1 aliphatic carbocycles. The number of likely N-dealkylation sites (tertiary alicyclic amines) is 1. The fourth-order valence-corrected chi connectivity index (χ4v) is 7.34. The average Bonchev–Trinajstić information content (AvgIpc) is 3.50. The van der Waals surface area contributed by atoms with Crippen LogP contribution < -0.4 is 20.4 Å². The van der Waals surface area contributed by atoms with Gasteiger partial charge >= 0.3 is 0 Å². The molecule has 3 saturated heterocycles. The van der Waals surface area contributed by atoms with Crippen LogP contribution in [0.3, 0.4) is 0 Å². The minimum Gasteiger partial charge on any atom is -0.368 e. The van der Waals surface area contributed by atoms with Crippen LogP contribution >= 0.6 is 0 Å². The third kappa shape index (κ3) is 3.23. The Hall–Kier alpha value is -2.94. The first-order valence-corrected chi connectivity index (χ1v) is 12.9. The van der Waals surface area contributed by atoms with Crippen LogP contribution in [-0.2, 0) is 11.2 Å². The summed E-state index contributed by atoms with van der Waals surface area (Å²) >= 11 is 0. The zero-order chi connectivity index (χ0) is 23.8. The molecule has 7 rings (SSSR count). The first kappa shape index (κ1) is 21.4. The number of carbonyl (C=O) groups is 1. The quantitative estimate of drug-likeness (QED) is 0.701. The Bertz CT molecular complexity index is 1180. The van der Waals surface area contributed by atoms with Gasteiger partial charge in [0.25, 0.3) is 0 Å². The van der Waals surface area contributed by atoms with Crippen LogP contribution in [0.4, 0.5) is 27.5 Å². The summed E-state index contributed by atoms with van der Waals surface area (Å²) in [6, 6.07) is 5.61. The van der Waals surface area contributed by atoms with Crippen molar-refractivity contribution in [3.8, 4) is 0 Å². The normalized spacial score (nSPS) is 27.3. The highest BCUT2D eigenvalue weighted by molar-refractivity contribution is 5.94. The lowest BCUT2D eigenvalue weighted by atomic mass is 9.73. The molecule has 0 radical (unpaired) electrons. The number of fused-ring (bicyclic) bond motifs is 1. The minimum absolute atomic E-state index is 0.107. The van der Waals surface area contributed by atoms with E-state index in [-0.39, 0.29) is 11.7 Å². The number of carbonyl (C=O) groups excluding carboxylic acids is 1. The van der Waals surface area contributed by atoms with Crippen molar-refractivity contribution in [1.29, 1.82) is 0 Å². The van der Waals surface area contributed by atoms with E-state index in [1.54, 1.807) is 0 Å². The van der Waals surface area contributed by atoms with Crippen molar-refractivity contribution in [2.45, 2.75) is 50.1 Å². The number of hydrogen-bond donors (Lipinski definition) is 2. The Morgan fingerprint density at radius 3 is 2.66 bits per heavy atom. The summed E-state index contributed by atoms with van der Waals surface area (Å²) in [6.07, 6.45) is 7.83. The van der Waals surface area contributed by atoms with E-state index in [1.165, 1.54) is 18.9 Å². The van der Waals surface area contributed by atoms with Gasteiger partial charge in [0.2, 0.25) is 11.9 Å². The molecule has 2 spiro atoms. The van der Waals surface area contributed by atoms with E-state index < -0.39 is 5.54 Å². The van der Waals surface area contributed by atoms with Crippen LogP contribution in [-0.4, -0.2) is 72.1 Å². The second kappa shape index (κ2) is 7.53. The third-order valence-corrected chi connectivity index (χ3v) is 8.76. The molecule has 1 saturated carbocycles. The fourth-order valence-electron chi connectivity index (χ4n) is 7.34. The summed E-state index contributed by atoms with van der Waals surface area (Å²) in [5.41, 5.74) is 2.13. The number of aromatic nitrogens is 2. The number of benzene rings is 1. The molecule has 0 bridgehead atoms. The molecule has 184 valence electrons. The Labute approximate surface area is 204 Å². The van der Waals surface area contributed by atoms with Gasteiger partial charge in [0.15, 0.2) is 0 Å². The summed E-state index contributed by atoms with van der Waals surface area (Å²) < 4.78 is 15.0. The van der Waals surface area contributed by atoms with Crippen LogP contribution in [0.5, 0.6) is 0 Å². The molecule has 2 aromatic rings. The monoisotopic (exact) mass is 477 g/mol. The van der Waals surface area contributed by atoms with Crippen LogP contribution in [0.2, 0.25) is 0 Å². The van der Waals surface area contributed by atoms with Crippen molar-refractivity contribution in [1.82, 2.24) is 20.2 Å². The highest BCUT2D eigenvalue weighted by Crippen LogP contribution is 2.46. The summed E-state index contributed by atoms with van der Waals surface area (Å²) in [7, 11) is 2.13. The molecule has 1 unspecified atom stereocenters. The van der Waals surface area contributed by atoms with Gasteiger partial charge in [-0.2, -0.15) is 4.98 Å². The number of nitrogens with one attached hydrogen (secondary N) is 2. The van der Waals surface area contributed by atoms with Crippen molar-refractivity contribution in [3.05, 3.63) is 35.8 Å². The molecule has 4 aliphatic heterocycles. The highest BCUT2D eigenvalue weighted by Gasteiger charge is 2.55. The number of halogens is 1. The van der Waals surface area contributed by atoms with Crippen molar-refractivity contribution < 1.29 is 9.18 Å². The van der Waals surface area contributed by atoms with E-state index in [1.807, 2.05) is 18.3 Å². The largest absolute Gasteiger partial charge is 0.368 e. The smallest absolute Gasteiger partial charge is 0.246 e. The van der Waals surface area contributed by atoms with Gasteiger partial charge in [0.05, 0.1) is 5.69 Å². The van der Waals surface area contributed by atoms with E-state index >= 15 is 4.39 Å². The fraction of sp³-hybridized carbons (Fsp3) is 0.577. The number of anilines is 4. The molecule has 2 N–H and O–H groups in total. The standard InChI is InChI=1S/C26H32FN7O/c1-32-13-25(14-32)15-33(16-25)21-7-6-18(10-20(21)27)30-24-29-12-17-11-26(8-9-28-23(26)35)34(22(17)31-24)19-4-2-3-5-19/h6-7,10,12,19H,2-5,8-9,11,13-16H2,1H3,(H,28,35)(H,29,30,31). The van der Waals surface area contributed by atoms with Crippen LogP contribution in [0.15, 0.2) is 24.4 Å². The highest BCUT2D eigenvalue weighted by atomic mass is 19.1. The predicted molar refractivity (Wildman–Crippen MR) is 133 cm³/mol. The molecule has 5 aliphatic rings. The topological polar surface area (TPSA) is 76.6 Å². The first-order chi connectivity index (χ1) is 16.9. The molecule has 1 atom stereocenters. The summed E-state index contributed by atoms with van der Waals surface area (Å²) in [6.45, 7) is 4.74. The van der Waals surface area contributed by atoms with Crippen molar-refractivity contribution in [3.63, 3.8) is 0 Å². The van der Waals surface area contributed by atoms with Gasteiger partial charge in [-0.15, -0.1) is 0 Å². The SMILES string of the molecule is CN1CC2(C1)CN(c1ccc(Nc3ncc4c(n3)N(C3CCCC3)C3(CCNC3=O)C4)cc1F)C2. The maximum atomic E-state index is 15.0. The van der Waals surface area contributed by atoms with Gasteiger partial charge in [0, 0.05) is 68.0 Å². The van der Waals surface area contributed by atoms with Gasteiger partial charge in [-0.1, -0.05) is 12.8 Å². The Morgan fingerprint density at radius 1 is 1.17 bits per heavy atom. The molecule has 1 aromatic carbocycles. The minimum atomic E-state index is -0.539. The Kier molecular flexibility index (Phi) is 4.59. The zero-order valence-electron chi connectivity index (χ0n) is 20.2. The molecule has 35 heavy (non-hydrogen) atoms. The predicted octanol–water partition coefficient (Wildman–Crippen LogP) is 2.67. The van der Waals surface area contributed by atoms with E-state index in [9.17, 15) is 4.79 Å². The molecule has 1 aromatic heterocycles. The molecule has 5 heterocycles. The van der Waals surface area contributed by atoms with Crippen LogP contribution in [0.1, 0.15) is 37.7 Å². The average molecular weight is 478 g/mol. The van der Waals surface area contributed by atoms with Gasteiger partial charge in [-0.05, 0) is 44.5 Å². The first-order valence-electron chi connectivity index (χ1n) is 12.9. The lowest BCUT2D eigenvalue weighted by Crippen LogP contribution is -2.71. The van der Waals surface area contributed by atoms with Crippen LogP contribution in [0.25, 0.3) is 0 Å². The third-order valence-electron chi connectivity index (χ3n) is 8.76. The van der Waals surface area contributed by atoms with Crippen molar-refractivity contribution in [2.75, 3.05) is 54.9 Å². The summed E-state index contributed by atoms with van der Waals surface area (Å²) in [5, 5.41) is 6.26. The number of amides is 1. The van der Waals surface area contributed by atoms with Gasteiger partial charge in [-0.3, -0.25) is 4.79 Å². The summed E-state index contributed by atoms with van der Waals surface area (Å²) in [4.78, 5) is 29.1. The molecular formula is C26H32FN7O. The zero-order valence-corrected chi connectivity index (χ0v) is 20.2. The molecule has 1 amide bonds. The maximum absolute atomic E-state index is 15.0. The Balaban J connectivity index is 1.12. The second-order valence-corrected chi connectivity index (χ2v) is 11.4. The van der Waals surface area contributed by atoms with E-state index in [4.69, 9.17) is 4.98 Å². The number of nitrogens with zero attached hydrogens (tertiary/aromatic N) is 5. The lowest BCUT2D eigenvalue weighted by molar-refractivity contribution is -0.123. The van der Waals surface area contributed by atoms with Gasteiger partial charge < -0.3 is 25.3 Å². The van der Waals surface area contributed by atoms with Crippen molar-refractivity contribution >= 4 is 29.0 Å². The molecule has 9 heteroatoms. The molecule has 4 fully saturated rings. The Morgan fingerprint density at radius 2 is 1.97 bits per heavy atom. The number of hydrogen-bond acceptors (Lipinski definition) is 7. The van der Waals surface area contributed by atoms with Crippen molar-refractivity contribution in [2.24, 2.45) is 5.41 Å². The van der Waals surface area contributed by atoms with E-state index in [2.05, 4.69) is 37.4 Å². The maximum Gasteiger partial charge on any atom is 0.246 e. The van der Waals surface area contributed by atoms with E-state index in [0.717, 1.165) is 56.8 Å². The summed E-state index contributed by atoms with van der Waals surface area (Å²) in [5.74, 6) is 1.18. The second-order valence-electron chi connectivity index (χ2n) is 11.4. The van der Waals surface area contributed by atoms with Gasteiger partial charge in [-0.25, -0.2) is 9.37 Å². The number of rotatable bonds is 4. The molecular weight excluding hydrogens is 445 g/mol. The van der Waals surface area contributed by atoms with Gasteiger partial charge in [0.1, 0.15) is 17.2 Å². The molecule has 8 nitrogen and oxygen atoms in total. The van der Waals surface area contributed by atoms with E-state index in [0.29, 0.717) is 41.7 Å².